The summed E-state index contributed by atoms with van der Waals surface area (Å²) in [6.07, 6.45) is 1.45. The SMILES string of the molecule is NC(N)[CH]c1ccccc1. The lowest BCUT2D eigenvalue weighted by Gasteiger charge is -2.02. The molecule has 0 amide bonds. The highest BCUT2D eigenvalue weighted by atomic mass is 14.8. The molecule has 1 aromatic carbocycles. The normalized spacial score (nSPS) is 10.3. The molecule has 0 aliphatic carbocycles. The Morgan fingerprint density at radius 2 is 1.70 bits per heavy atom. The van der Waals surface area contributed by atoms with Gasteiger partial charge in [0.25, 0.3) is 0 Å². The van der Waals surface area contributed by atoms with Gasteiger partial charge in [-0.15, -0.1) is 0 Å². The van der Waals surface area contributed by atoms with Crippen LogP contribution < -0.4 is 11.5 Å². The van der Waals surface area contributed by atoms with E-state index < -0.39 is 0 Å². The van der Waals surface area contributed by atoms with Gasteiger partial charge in [-0.2, -0.15) is 0 Å². The van der Waals surface area contributed by atoms with Crippen LogP contribution in [0.15, 0.2) is 30.3 Å². The van der Waals surface area contributed by atoms with Crippen LogP contribution in [-0.4, -0.2) is 6.17 Å². The molecule has 0 saturated heterocycles. The number of benzene rings is 1. The van der Waals surface area contributed by atoms with Gasteiger partial charge in [0.05, 0.1) is 6.17 Å². The topological polar surface area (TPSA) is 52.0 Å². The highest BCUT2D eigenvalue weighted by Gasteiger charge is 1.95. The standard InChI is InChI=1S/C8H11N2/c9-8(10)6-7-4-2-1-3-5-7/h1-6,8H,9-10H2. The van der Waals surface area contributed by atoms with Gasteiger partial charge in [-0.25, -0.2) is 0 Å². The molecule has 0 aliphatic rings. The highest BCUT2D eigenvalue weighted by molar-refractivity contribution is 5.23. The molecule has 2 heteroatoms. The molecule has 0 heterocycles. The molecule has 1 aromatic rings. The fourth-order valence-electron chi connectivity index (χ4n) is 0.786. The second-order valence-electron chi connectivity index (χ2n) is 2.15. The minimum absolute atomic E-state index is 0.359. The van der Waals surface area contributed by atoms with Crippen molar-refractivity contribution < 1.29 is 0 Å². The Labute approximate surface area is 60.8 Å². The summed E-state index contributed by atoms with van der Waals surface area (Å²) >= 11 is 0. The van der Waals surface area contributed by atoms with Crippen molar-refractivity contribution in [3.05, 3.63) is 42.3 Å². The van der Waals surface area contributed by atoms with Gasteiger partial charge in [0, 0.05) is 6.42 Å². The fraction of sp³-hybridized carbons (Fsp3) is 0.125. The van der Waals surface area contributed by atoms with Gasteiger partial charge in [0.1, 0.15) is 0 Å². The molecule has 0 fully saturated rings. The molecule has 2 nitrogen and oxygen atoms in total. The van der Waals surface area contributed by atoms with E-state index in [2.05, 4.69) is 0 Å². The third-order valence-corrected chi connectivity index (χ3v) is 1.18. The van der Waals surface area contributed by atoms with Gasteiger partial charge in [-0.05, 0) is 5.56 Å². The number of hydrogen-bond acceptors (Lipinski definition) is 2. The van der Waals surface area contributed by atoms with Crippen LogP contribution in [0, 0.1) is 6.42 Å². The van der Waals surface area contributed by atoms with Gasteiger partial charge in [-0.1, -0.05) is 30.3 Å². The van der Waals surface area contributed by atoms with Crippen molar-refractivity contribution in [1.82, 2.24) is 0 Å². The Balaban J connectivity index is 2.59. The Morgan fingerprint density at radius 3 is 2.20 bits per heavy atom. The van der Waals surface area contributed by atoms with Crippen molar-refractivity contribution in [2.24, 2.45) is 11.5 Å². The van der Waals surface area contributed by atoms with E-state index in [1.165, 1.54) is 0 Å². The summed E-state index contributed by atoms with van der Waals surface area (Å²) in [4.78, 5) is 0. The zero-order valence-corrected chi connectivity index (χ0v) is 5.70. The van der Waals surface area contributed by atoms with Crippen LogP contribution in [0.4, 0.5) is 0 Å². The smallest absolute Gasteiger partial charge is 0.0598 e. The van der Waals surface area contributed by atoms with E-state index in [0.29, 0.717) is 0 Å². The summed E-state index contributed by atoms with van der Waals surface area (Å²) in [5.74, 6) is 0. The molecule has 0 bridgehead atoms. The number of nitrogens with two attached hydrogens (primary N) is 2. The highest BCUT2D eigenvalue weighted by Crippen LogP contribution is 2.00. The molecule has 1 radical (unpaired) electrons. The van der Waals surface area contributed by atoms with Crippen molar-refractivity contribution in [3.8, 4) is 0 Å². The number of rotatable bonds is 2. The van der Waals surface area contributed by atoms with Crippen LogP contribution in [0.25, 0.3) is 0 Å². The largest absolute Gasteiger partial charge is 0.316 e. The first-order chi connectivity index (χ1) is 4.79. The van der Waals surface area contributed by atoms with Crippen LogP contribution in [0.1, 0.15) is 5.56 Å². The first-order valence-electron chi connectivity index (χ1n) is 3.20. The summed E-state index contributed by atoms with van der Waals surface area (Å²) in [7, 11) is 0. The lowest BCUT2D eigenvalue weighted by atomic mass is 10.1. The lowest BCUT2D eigenvalue weighted by molar-refractivity contribution is 0.825. The zero-order valence-electron chi connectivity index (χ0n) is 5.70. The van der Waals surface area contributed by atoms with E-state index in [9.17, 15) is 0 Å². The molecule has 1 rings (SSSR count). The van der Waals surface area contributed by atoms with E-state index in [1.54, 1.807) is 6.42 Å². The number of hydrogen-bond donors (Lipinski definition) is 2. The van der Waals surface area contributed by atoms with Gasteiger partial charge in [0.15, 0.2) is 0 Å². The lowest BCUT2D eigenvalue weighted by Crippen LogP contribution is -2.30. The van der Waals surface area contributed by atoms with E-state index in [-0.39, 0.29) is 6.17 Å². The maximum atomic E-state index is 5.35. The van der Waals surface area contributed by atoms with E-state index in [1.807, 2.05) is 30.3 Å². The van der Waals surface area contributed by atoms with Gasteiger partial charge in [0.2, 0.25) is 0 Å². The van der Waals surface area contributed by atoms with Crippen molar-refractivity contribution in [2.45, 2.75) is 6.17 Å². The maximum absolute atomic E-state index is 5.35. The van der Waals surface area contributed by atoms with Crippen LogP contribution >= 0.6 is 0 Å². The van der Waals surface area contributed by atoms with Gasteiger partial charge < -0.3 is 11.5 Å². The van der Waals surface area contributed by atoms with Crippen LogP contribution in [0.5, 0.6) is 0 Å². The molecule has 0 spiro atoms. The first kappa shape index (κ1) is 7.25. The summed E-state index contributed by atoms with van der Waals surface area (Å²) in [5.41, 5.74) is 11.8. The van der Waals surface area contributed by atoms with Crippen LogP contribution in [-0.2, 0) is 0 Å². The van der Waals surface area contributed by atoms with Crippen LogP contribution in [0.2, 0.25) is 0 Å². The van der Waals surface area contributed by atoms with Crippen LogP contribution in [0.3, 0.4) is 0 Å². The second-order valence-corrected chi connectivity index (χ2v) is 2.15. The molecule has 10 heavy (non-hydrogen) atoms. The molecule has 0 saturated carbocycles. The molecule has 4 N–H and O–H groups in total. The van der Waals surface area contributed by atoms with E-state index >= 15 is 0 Å². The summed E-state index contributed by atoms with van der Waals surface area (Å²) in [6.45, 7) is 0. The minimum Gasteiger partial charge on any atom is -0.316 e. The monoisotopic (exact) mass is 135 g/mol. The van der Waals surface area contributed by atoms with E-state index in [0.717, 1.165) is 5.56 Å². The molecule has 0 aliphatic heterocycles. The molecule has 0 unspecified atom stereocenters. The van der Waals surface area contributed by atoms with Crippen molar-refractivity contribution in [3.63, 3.8) is 0 Å². The summed E-state index contributed by atoms with van der Waals surface area (Å²) < 4.78 is 0. The van der Waals surface area contributed by atoms with Crippen molar-refractivity contribution in [1.29, 1.82) is 0 Å². The maximum Gasteiger partial charge on any atom is 0.0598 e. The molecule has 0 atom stereocenters. The summed E-state index contributed by atoms with van der Waals surface area (Å²) in [5, 5.41) is 0. The van der Waals surface area contributed by atoms with Gasteiger partial charge >= 0.3 is 0 Å². The zero-order chi connectivity index (χ0) is 7.40. The first-order valence-corrected chi connectivity index (χ1v) is 3.20. The van der Waals surface area contributed by atoms with E-state index in [4.69, 9.17) is 11.5 Å². The Morgan fingerprint density at radius 1 is 1.10 bits per heavy atom. The predicted octanol–water partition coefficient (Wildman–Crippen LogP) is 0.482. The molecule has 53 valence electrons. The Kier molecular flexibility index (Phi) is 2.42. The molecular weight excluding hydrogens is 124 g/mol. The minimum atomic E-state index is -0.359. The van der Waals surface area contributed by atoms with Crippen molar-refractivity contribution in [2.75, 3.05) is 0 Å². The molecule has 0 aromatic heterocycles. The van der Waals surface area contributed by atoms with Crippen molar-refractivity contribution >= 4 is 0 Å². The predicted molar refractivity (Wildman–Crippen MR) is 42.0 cm³/mol. The second kappa shape index (κ2) is 3.34. The fourth-order valence-corrected chi connectivity index (χ4v) is 0.786. The average molecular weight is 135 g/mol. The Bertz CT molecular complexity index is 182. The molecular formula is C8H11N2. The third kappa shape index (κ3) is 2.17. The quantitative estimate of drug-likeness (QED) is 0.579. The average Bonchev–Trinajstić information content (AvgIpc) is 1.88. The summed E-state index contributed by atoms with van der Waals surface area (Å²) in [6, 6.07) is 9.79. The Hall–Kier alpha value is -0.860. The third-order valence-electron chi connectivity index (χ3n) is 1.18. The van der Waals surface area contributed by atoms with Gasteiger partial charge in [-0.3, -0.25) is 0 Å².